The van der Waals surface area contributed by atoms with Crippen LogP contribution in [0, 0.1) is 0 Å². The van der Waals surface area contributed by atoms with Crippen LogP contribution in [0.15, 0.2) is 18.2 Å². The molecule has 19 heavy (non-hydrogen) atoms. The van der Waals surface area contributed by atoms with Gasteiger partial charge in [-0.15, -0.1) is 0 Å². The molecule has 0 saturated heterocycles. The molecule has 0 unspecified atom stereocenters. The van der Waals surface area contributed by atoms with E-state index in [2.05, 4.69) is 5.32 Å². The van der Waals surface area contributed by atoms with Crippen molar-refractivity contribution in [1.82, 2.24) is 4.90 Å². The number of nitrogens with zero attached hydrogens (tertiary/aromatic N) is 1. The molecule has 6 heteroatoms. The van der Waals surface area contributed by atoms with Gasteiger partial charge in [0, 0.05) is 18.2 Å². The number of halogens is 1. The highest BCUT2D eigenvalue weighted by atomic mass is 35.5. The summed E-state index contributed by atoms with van der Waals surface area (Å²) in [5, 5.41) is 3.28. The average molecular weight is 286 g/mol. The molecule has 3 N–H and O–H groups in total. The zero-order chi connectivity index (χ0) is 14.3. The molecule has 0 bridgehead atoms. The minimum absolute atomic E-state index is 0.132. The van der Waals surface area contributed by atoms with E-state index in [-0.39, 0.29) is 12.5 Å². The fourth-order valence-electron chi connectivity index (χ4n) is 1.52. The number of nitrogen functional groups attached to an aromatic ring is 1. The number of likely N-dealkylation sites (N-methyl/N-ethyl adjacent to an activating group) is 1. The number of hydrogen-bond acceptors (Lipinski definition) is 4. The second-order valence-corrected chi connectivity index (χ2v) is 4.65. The number of rotatable bonds is 7. The maximum absolute atomic E-state index is 11.8. The first-order chi connectivity index (χ1) is 9.02. The first-order valence-electron chi connectivity index (χ1n) is 6.14. The van der Waals surface area contributed by atoms with Gasteiger partial charge >= 0.3 is 0 Å². The highest BCUT2D eigenvalue weighted by molar-refractivity contribution is 6.31. The van der Waals surface area contributed by atoms with E-state index in [1.807, 2.05) is 18.9 Å². The molecular weight excluding hydrogens is 266 g/mol. The summed E-state index contributed by atoms with van der Waals surface area (Å²) >= 11 is 5.86. The SMILES string of the molecule is CCOCCN(C)CC(=O)Nc1cc(Cl)ccc1N. The zero-order valence-electron chi connectivity index (χ0n) is 11.3. The van der Waals surface area contributed by atoms with Crippen LogP contribution in [0.2, 0.25) is 5.02 Å². The third kappa shape index (κ3) is 5.92. The number of carbonyl (C=O) groups excluding carboxylic acids is 1. The van der Waals surface area contributed by atoms with E-state index in [1.54, 1.807) is 18.2 Å². The van der Waals surface area contributed by atoms with Crippen LogP contribution in [0.25, 0.3) is 0 Å². The summed E-state index contributed by atoms with van der Waals surface area (Å²) in [4.78, 5) is 13.7. The Morgan fingerprint density at radius 2 is 2.26 bits per heavy atom. The topological polar surface area (TPSA) is 67.6 Å². The van der Waals surface area contributed by atoms with E-state index in [0.717, 1.165) is 0 Å². The summed E-state index contributed by atoms with van der Waals surface area (Å²) < 4.78 is 5.23. The molecule has 0 fully saturated rings. The molecule has 1 aromatic rings. The Morgan fingerprint density at radius 3 is 2.95 bits per heavy atom. The monoisotopic (exact) mass is 285 g/mol. The Morgan fingerprint density at radius 1 is 1.53 bits per heavy atom. The highest BCUT2D eigenvalue weighted by Crippen LogP contribution is 2.22. The van der Waals surface area contributed by atoms with Gasteiger partial charge in [0.15, 0.2) is 0 Å². The van der Waals surface area contributed by atoms with E-state index >= 15 is 0 Å². The van der Waals surface area contributed by atoms with Gasteiger partial charge in [-0.2, -0.15) is 0 Å². The average Bonchev–Trinajstić information content (AvgIpc) is 2.34. The third-order valence-corrected chi connectivity index (χ3v) is 2.76. The number of nitrogens with one attached hydrogen (secondary N) is 1. The number of hydrogen-bond donors (Lipinski definition) is 2. The maximum Gasteiger partial charge on any atom is 0.238 e. The van der Waals surface area contributed by atoms with Crippen LogP contribution in [0.1, 0.15) is 6.92 Å². The van der Waals surface area contributed by atoms with Gasteiger partial charge in [-0.1, -0.05) is 11.6 Å². The van der Waals surface area contributed by atoms with Gasteiger partial charge in [0.05, 0.1) is 24.5 Å². The van der Waals surface area contributed by atoms with Crippen LogP contribution < -0.4 is 11.1 Å². The summed E-state index contributed by atoms with van der Waals surface area (Å²) in [5.74, 6) is -0.132. The Bertz CT molecular complexity index is 426. The van der Waals surface area contributed by atoms with E-state index in [4.69, 9.17) is 22.1 Å². The molecule has 0 atom stereocenters. The number of carbonyl (C=O) groups is 1. The van der Waals surface area contributed by atoms with Gasteiger partial charge in [-0.05, 0) is 32.2 Å². The molecule has 1 aromatic carbocycles. The van der Waals surface area contributed by atoms with Crippen LogP contribution in [0.5, 0.6) is 0 Å². The van der Waals surface area contributed by atoms with Crippen molar-refractivity contribution < 1.29 is 9.53 Å². The Labute approximate surface area is 118 Å². The number of amides is 1. The molecule has 0 aliphatic heterocycles. The Kier molecular flexibility index (Phi) is 6.62. The summed E-state index contributed by atoms with van der Waals surface area (Å²) in [6, 6.07) is 4.98. The van der Waals surface area contributed by atoms with E-state index in [1.165, 1.54) is 0 Å². The summed E-state index contributed by atoms with van der Waals surface area (Å²) in [5.41, 5.74) is 6.79. The molecule has 0 aliphatic carbocycles. The fourth-order valence-corrected chi connectivity index (χ4v) is 1.69. The lowest BCUT2D eigenvalue weighted by Crippen LogP contribution is -2.32. The van der Waals surface area contributed by atoms with Gasteiger partial charge in [-0.3, -0.25) is 9.69 Å². The molecule has 0 saturated carbocycles. The lowest BCUT2D eigenvalue weighted by Gasteiger charge is -2.16. The van der Waals surface area contributed by atoms with Crippen molar-refractivity contribution in [2.24, 2.45) is 0 Å². The summed E-state index contributed by atoms with van der Waals surface area (Å²) in [6.07, 6.45) is 0. The van der Waals surface area contributed by atoms with Gasteiger partial charge in [-0.25, -0.2) is 0 Å². The number of anilines is 2. The predicted molar refractivity (Wildman–Crippen MR) is 78.5 cm³/mol. The predicted octanol–water partition coefficient (Wildman–Crippen LogP) is 1.83. The minimum atomic E-state index is -0.132. The lowest BCUT2D eigenvalue weighted by atomic mass is 10.2. The van der Waals surface area contributed by atoms with Gasteiger partial charge in [0.1, 0.15) is 0 Å². The largest absolute Gasteiger partial charge is 0.397 e. The second kappa shape index (κ2) is 7.99. The van der Waals surface area contributed by atoms with Gasteiger partial charge < -0.3 is 15.8 Å². The molecule has 106 valence electrons. The minimum Gasteiger partial charge on any atom is -0.397 e. The molecule has 5 nitrogen and oxygen atoms in total. The Hall–Kier alpha value is -1.30. The van der Waals surface area contributed by atoms with Crippen molar-refractivity contribution in [2.75, 3.05) is 44.4 Å². The zero-order valence-corrected chi connectivity index (χ0v) is 12.0. The molecule has 0 heterocycles. The standard InChI is InChI=1S/C13H20ClN3O2/c1-3-19-7-6-17(2)9-13(18)16-12-8-10(14)4-5-11(12)15/h4-5,8H,3,6-7,9,15H2,1-2H3,(H,16,18). The molecular formula is C13H20ClN3O2. The van der Waals surface area contributed by atoms with Crippen molar-refractivity contribution in [1.29, 1.82) is 0 Å². The normalized spacial score (nSPS) is 10.7. The maximum atomic E-state index is 11.8. The van der Waals surface area contributed by atoms with Crippen molar-refractivity contribution in [3.63, 3.8) is 0 Å². The second-order valence-electron chi connectivity index (χ2n) is 4.21. The van der Waals surface area contributed by atoms with Crippen LogP contribution >= 0.6 is 11.6 Å². The molecule has 0 aromatic heterocycles. The first kappa shape index (κ1) is 15.8. The van der Waals surface area contributed by atoms with Crippen molar-refractivity contribution in [3.8, 4) is 0 Å². The van der Waals surface area contributed by atoms with Crippen molar-refractivity contribution in [3.05, 3.63) is 23.2 Å². The summed E-state index contributed by atoms with van der Waals surface area (Å²) in [6.45, 7) is 4.21. The molecule has 0 spiro atoms. The summed E-state index contributed by atoms with van der Waals surface area (Å²) in [7, 11) is 1.86. The quantitative estimate of drug-likeness (QED) is 0.592. The molecule has 1 rings (SSSR count). The van der Waals surface area contributed by atoms with Gasteiger partial charge in [0.2, 0.25) is 5.91 Å². The van der Waals surface area contributed by atoms with E-state index in [9.17, 15) is 4.79 Å². The van der Waals surface area contributed by atoms with Gasteiger partial charge in [0.25, 0.3) is 0 Å². The number of benzene rings is 1. The van der Waals surface area contributed by atoms with E-state index in [0.29, 0.717) is 36.2 Å². The van der Waals surface area contributed by atoms with Crippen LogP contribution in [0.3, 0.4) is 0 Å². The molecule has 0 radical (unpaired) electrons. The van der Waals surface area contributed by atoms with Crippen LogP contribution in [0.4, 0.5) is 11.4 Å². The number of nitrogens with two attached hydrogens (primary N) is 1. The highest BCUT2D eigenvalue weighted by Gasteiger charge is 2.08. The fraction of sp³-hybridized carbons (Fsp3) is 0.462. The van der Waals surface area contributed by atoms with Crippen molar-refractivity contribution >= 4 is 28.9 Å². The Balaban J connectivity index is 2.44. The van der Waals surface area contributed by atoms with Crippen molar-refractivity contribution in [2.45, 2.75) is 6.92 Å². The molecule has 1 amide bonds. The number of ether oxygens (including phenoxy) is 1. The van der Waals surface area contributed by atoms with E-state index < -0.39 is 0 Å². The van der Waals surface area contributed by atoms with Crippen LogP contribution in [-0.2, 0) is 9.53 Å². The lowest BCUT2D eigenvalue weighted by molar-refractivity contribution is -0.117. The van der Waals surface area contributed by atoms with Crippen LogP contribution in [-0.4, -0.2) is 44.2 Å². The molecule has 0 aliphatic rings. The smallest absolute Gasteiger partial charge is 0.238 e. The first-order valence-corrected chi connectivity index (χ1v) is 6.52. The third-order valence-electron chi connectivity index (χ3n) is 2.52.